The van der Waals surface area contributed by atoms with Gasteiger partial charge in [-0.15, -0.1) is 0 Å². The molecule has 276 valence electrons. The van der Waals surface area contributed by atoms with E-state index in [1.54, 1.807) is 0 Å². The minimum atomic E-state index is 0.853. The lowest BCUT2D eigenvalue weighted by Gasteiger charge is -2.27. The van der Waals surface area contributed by atoms with E-state index in [1.807, 2.05) is 12.1 Å². The van der Waals surface area contributed by atoms with Gasteiger partial charge in [0.05, 0.1) is 11.1 Å². The van der Waals surface area contributed by atoms with Gasteiger partial charge in [-0.2, -0.15) is 0 Å². The molecular formula is C56H35NO2. The number of fused-ring (bicyclic) bond motifs is 9. The van der Waals surface area contributed by atoms with E-state index in [4.69, 9.17) is 8.83 Å². The summed E-state index contributed by atoms with van der Waals surface area (Å²) in [5.41, 5.74) is 13.6. The van der Waals surface area contributed by atoms with Crippen LogP contribution in [-0.4, -0.2) is 0 Å². The van der Waals surface area contributed by atoms with Crippen LogP contribution < -0.4 is 4.90 Å². The Hall–Kier alpha value is -7.88. The Balaban J connectivity index is 1.02. The molecule has 0 atom stereocenters. The molecule has 0 bridgehead atoms. The molecule has 0 radical (unpaired) electrons. The van der Waals surface area contributed by atoms with Gasteiger partial charge in [-0.3, -0.25) is 0 Å². The molecule has 0 aliphatic carbocycles. The largest absolute Gasteiger partial charge is 0.456 e. The van der Waals surface area contributed by atoms with Gasteiger partial charge in [-0.1, -0.05) is 146 Å². The lowest BCUT2D eigenvalue weighted by Crippen LogP contribution is -2.10. The number of anilines is 3. The molecule has 10 aromatic carbocycles. The summed E-state index contributed by atoms with van der Waals surface area (Å²) in [6, 6.07) is 75.8. The van der Waals surface area contributed by atoms with Crippen LogP contribution in [0, 0.1) is 0 Å². The van der Waals surface area contributed by atoms with Gasteiger partial charge in [0.2, 0.25) is 0 Å². The molecule has 0 aliphatic rings. The summed E-state index contributed by atoms with van der Waals surface area (Å²) >= 11 is 0. The first-order chi connectivity index (χ1) is 29.2. The van der Waals surface area contributed by atoms with Crippen LogP contribution in [0.1, 0.15) is 0 Å². The monoisotopic (exact) mass is 753 g/mol. The minimum Gasteiger partial charge on any atom is -0.456 e. The van der Waals surface area contributed by atoms with E-state index in [2.05, 4.69) is 205 Å². The molecular weight excluding hydrogens is 719 g/mol. The van der Waals surface area contributed by atoms with Crippen molar-refractivity contribution in [2.45, 2.75) is 0 Å². The van der Waals surface area contributed by atoms with E-state index in [-0.39, 0.29) is 0 Å². The molecule has 0 saturated carbocycles. The van der Waals surface area contributed by atoms with Gasteiger partial charge in [0, 0.05) is 32.9 Å². The van der Waals surface area contributed by atoms with Gasteiger partial charge in [0.1, 0.15) is 22.3 Å². The molecule has 3 heteroatoms. The number of para-hydroxylation sites is 1. The fourth-order valence-corrected chi connectivity index (χ4v) is 9.03. The average Bonchev–Trinajstić information content (AvgIpc) is 3.89. The highest BCUT2D eigenvalue weighted by Gasteiger charge is 2.22. The van der Waals surface area contributed by atoms with Crippen molar-refractivity contribution in [2.24, 2.45) is 0 Å². The van der Waals surface area contributed by atoms with Crippen molar-refractivity contribution >= 4 is 82.5 Å². The minimum absolute atomic E-state index is 0.853. The highest BCUT2D eigenvalue weighted by molar-refractivity contribution is 6.20. The first-order valence-electron chi connectivity index (χ1n) is 20.1. The molecule has 3 nitrogen and oxygen atoms in total. The normalized spacial score (nSPS) is 11.7. The molecule has 12 rings (SSSR count). The molecule has 0 saturated heterocycles. The molecule has 0 N–H and O–H groups in total. The van der Waals surface area contributed by atoms with Gasteiger partial charge in [-0.25, -0.2) is 0 Å². The first kappa shape index (κ1) is 33.3. The molecule has 0 amide bonds. The van der Waals surface area contributed by atoms with Gasteiger partial charge >= 0.3 is 0 Å². The topological polar surface area (TPSA) is 29.5 Å². The van der Waals surface area contributed by atoms with Crippen LogP contribution in [0.2, 0.25) is 0 Å². The van der Waals surface area contributed by atoms with E-state index >= 15 is 0 Å². The summed E-state index contributed by atoms with van der Waals surface area (Å²) in [7, 11) is 0. The highest BCUT2D eigenvalue weighted by Crippen LogP contribution is 2.46. The lowest BCUT2D eigenvalue weighted by molar-refractivity contribution is 0.669. The maximum absolute atomic E-state index is 6.71. The Kier molecular flexibility index (Phi) is 7.54. The zero-order valence-electron chi connectivity index (χ0n) is 32.0. The summed E-state index contributed by atoms with van der Waals surface area (Å²) in [6.45, 7) is 0. The van der Waals surface area contributed by atoms with Crippen LogP contribution in [0.3, 0.4) is 0 Å². The number of nitrogens with zero attached hydrogens (tertiary/aromatic N) is 1. The molecule has 0 aliphatic heterocycles. The third-order valence-corrected chi connectivity index (χ3v) is 11.8. The second-order valence-electron chi connectivity index (χ2n) is 15.3. The van der Waals surface area contributed by atoms with Crippen molar-refractivity contribution in [1.82, 2.24) is 0 Å². The number of furan rings is 2. The average molecular weight is 754 g/mol. The van der Waals surface area contributed by atoms with Crippen molar-refractivity contribution in [3.8, 4) is 33.4 Å². The zero-order valence-corrected chi connectivity index (χ0v) is 32.0. The second kappa shape index (κ2) is 13.4. The second-order valence-corrected chi connectivity index (χ2v) is 15.3. The van der Waals surface area contributed by atoms with E-state index in [9.17, 15) is 0 Å². The van der Waals surface area contributed by atoms with Crippen molar-refractivity contribution in [3.05, 3.63) is 212 Å². The number of rotatable bonds is 6. The van der Waals surface area contributed by atoms with Crippen LogP contribution in [0.4, 0.5) is 17.1 Å². The van der Waals surface area contributed by atoms with Gasteiger partial charge in [0.25, 0.3) is 0 Å². The van der Waals surface area contributed by atoms with Crippen molar-refractivity contribution in [3.63, 3.8) is 0 Å². The molecule has 0 spiro atoms. The van der Waals surface area contributed by atoms with Crippen molar-refractivity contribution in [1.29, 1.82) is 0 Å². The van der Waals surface area contributed by atoms with Crippen LogP contribution >= 0.6 is 0 Å². The highest BCUT2D eigenvalue weighted by atomic mass is 16.3. The number of hydrogen-bond acceptors (Lipinski definition) is 3. The van der Waals surface area contributed by atoms with Gasteiger partial charge < -0.3 is 13.7 Å². The Bertz CT molecular complexity index is 3570. The fourth-order valence-electron chi connectivity index (χ4n) is 9.03. The molecule has 2 heterocycles. The molecule has 12 aromatic rings. The summed E-state index contributed by atoms with van der Waals surface area (Å²) in [4.78, 5) is 2.37. The summed E-state index contributed by atoms with van der Waals surface area (Å²) in [5, 5.41) is 9.16. The van der Waals surface area contributed by atoms with Crippen LogP contribution in [0.15, 0.2) is 221 Å². The van der Waals surface area contributed by atoms with Crippen LogP contribution in [0.25, 0.3) is 98.8 Å². The van der Waals surface area contributed by atoms with E-state index in [1.165, 1.54) is 27.5 Å². The summed E-state index contributed by atoms with van der Waals surface area (Å²) < 4.78 is 13.0. The predicted molar refractivity (Wildman–Crippen MR) is 247 cm³/mol. The van der Waals surface area contributed by atoms with Crippen molar-refractivity contribution < 1.29 is 8.83 Å². The molecule has 2 aromatic heterocycles. The molecule has 0 fully saturated rings. The maximum Gasteiger partial charge on any atom is 0.143 e. The zero-order chi connectivity index (χ0) is 38.9. The molecule has 59 heavy (non-hydrogen) atoms. The quantitative estimate of drug-likeness (QED) is 0.169. The first-order valence-corrected chi connectivity index (χ1v) is 20.1. The third-order valence-electron chi connectivity index (χ3n) is 11.8. The predicted octanol–water partition coefficient (Wildman–Crippen LogP) is 16.3. The van der Waals surface area contributed by atoms with Crippen LogP contribution in [0.5, 0.6) is 0 Å². The number of hydrogen-bond donors (Lipinski definition) is 0. The Morgan fingerprint density at radius 2 is 0.932 bits per heavy atom. The SMILES string of the molecule is c1cc(-c2ccc(N(c3cccc(-c4cccc5oc6ccccc6c45)c3)c3cccc4oc5c6ccccc6ccc5c34)cc2)cc(-c2ccc3ccccc3c2)c1. The molecule has 0 unspecified atom stereocenters. The lowest BCUT2D eigenvalue weighted by atomic mass is 9.97. The Labute approximate surface area is 340 Å². The maximum atomic E-state index is 6.71. The standard InChI is InChI=1S/C56H35NO2/c1-2-13-39-34-42(26-25-36(39)11-1)41-15-7-14-40(33-41)37-27-30-44(31-28-37)57(50-21-10-24-53-55(50)49-32-29-38-12-3-4-18-47(38)56(49)59-53)45-17-8-16-43(35-45)46-20-9-23-52-54(46)48-19-5-6-22-51(48)58-52/h1-35H. The van der Waals surface area contributed by atoms with E-state index in [0.29, 0.717) is 0 Å². The Morgan fingerprint density at radius 1 is 0.305 bits per heavy atom. The Morgan fingerprint density at radius 3 is 1.81 bits per heavy atom. The van der Waals surface area contributed by atoms with Crippen molar-refractivity contribution in [2.75, 3.05) is 4.90 Å². The van der Waals surface area contributed by atoms with E-state index < -0.39 is 0 Å². The van der Waals surface area contributed by atoms with Gasteiger partial charge in [-0.05, 0) is 116 Å². The smallest absolute Gasteiger partial charge is 0.143 e. The summed E-state index contributed by atoms with van der Waals surface area (Å²) in [6.07, 6.45) is 0. The van der Waals surface area contributed by atoms with Gasteiger partial charge in [0.15, 0.2) is 0 Å². The van der Waals surface area contributed by atoms with Crippen LogP contribution in [-0.2, 0) is 0 Å². The third kappa shape index (κ3) is 5.51. The summed E-state index contributed by atoms with van der Waals surface area (Å²) in [5.74, 6) is 0. The number of benzene rings is 10. The van der Waals surface area contributed by atoms with E-state index in [0.717, 1.165) is 88.4 Å². The fraction of sp³-hybridized carbons (Fsp3) is 0.